The van der Waals surface area contributed by atoms with E-state index in [1.165, 1.54) is 0 Å². The summed E-state index contributed by atoms with van der Waals surface area (Å²) >= 11 is 0. The zero-order valence-corrected chi connectivity index (χ0v) is 9.94. The highest BCUT2D eigenvalue weighted by atomic mass is 16.5. The van der Waals surface area contributed by atoms with Crippen molar-refractivity contribution in [3.63, 3.8) is 0 Å². The van der Waals surface area contributed by atoms with Crippen molar-refractivity contribution in [2.45, 2.75) is 12.2 Å². The zero-order valence-electron chi connectivity index (χ0n) is 9.94. The Hall–Kier alpha value is -1.90. The topological polar surface area (TPSA) is 43.3 Å². The molecule has 0 amide bonds. The molecule has 0 heterocycles. The van der Waals surface area contributed by atoms with Crippen molar-refractivity contribution in [1.29, 1.82) is 0 Å². The van der Waals surface area contributed by atoms with E-state index in [0.29, 0.717) is 0 Å². The van der Waals surface area contributed by atoms with Crippen molar-refractivity contribution >= 4 is 6.08 Å². The molecule has 0 radical (unpaired) electrons. The average molecular weight is 239 g/mol. The first-order valence-electron chi connectivity index (χ1n) is 5.89. The lowest BCUT2D eigenvalue weighted by Crippen LogP contribution is -2.30. The Kier molecular flexibility index (Phi) is 4.29. The second-order valence-corrected chi connectivity index (χ2v) is 4.10. The first-order chi connectivity index (χ1) is 8.77. The fourth-order valence-corrected chi connectivity index (χ4v) is 1.82. The summed E-state index contributed by atoms with van der Waals surface area (Å²) < 4.78 is 0. The van der Waals surface area contributed by atoms with Crippen LogP contribution < -0.4 is 5.11 Å². The normalized spacial score (nSPS) is 14.6. The molecule has 0 aliphatic rings. The number of rotatable bonds is 4. The highest BCUT2D eigenvalue weighted by Gasteiger charge is 2.08. The molecule has 2 aromatic rings. The van der Waals surface area contributed by atoms with E-state index in [4.69, 9.17) is 0 Å². The summed E-state index contributed by atoms with van der Waals surface area (Å²) in [5, 5.41) is 20.7. The number of benzene rings is 2. The van der Waals surface area contributed by atoms with Crippen LogP contribution in [0.4, 0.5) is 0 Å². The molecule has 0 aromatic heterocycles. The van der Waals surface area contributed by atoms with Gasteiger partial charge in [-0.3, -0.25) is 0 Å². The van der Waals surface area contributed by atoms with E-state index >= 15 is 0 Å². The molecule has 0 aliphatic carbocycles. The van der Waals surface area contributed by atoms with E-state index in [0.717, 1.165) is 11.1 Å². The summed E-state index contributed by atoms with van der Waals surface area (Å²) in [5.74, 6) is -0.522. The summed E-state index contributed by atoms with van der Waals surface area (Å²) in [6.45, 7) is 0. The Morgan fingerprint density at radius 2 is 1.44 bits per heavy atom. The van der Waals surface area contributed by atoms with E-state index in [1.54, 1.807) is 6.08 Å². The molecular weight excluding hydrogens is 224 g/mol. The lowest BCUT2D eigenvalue weighted by molar-refractivity contribution is -0.485. The molecule has 18 heavy (non-hydrogen) atoms. The van der Waals surface area contributed by atoms with Crippen LogP contribution in [0.3, 0.4) is 0 Å². The minimum absolute atomic E-state index is 0.522. The lowest BCUT2D eigenvalue weighted by Gasteiger charge is -2.24. The van der Waals surface area contributed by atoms with Gasteiger partial charge in [-0.1, -0.05) is 72.8 Å². The van der Waals surface area contributed by atoms with E-state index < -0.39 is 12.2 Å². The van der Waals surface area contributed by atoms with Crippen LogP contribution in [0.5, 0.6) is 0 Å². The van der Waals surface area contributed by atoms with Gasteiger partial charge >= 0.3 is 0 Å². The molecule has 2 heteroatoms. The summed E-state index contributed by atoms with van der Waals surface area (Å²) in [4.78, 5) is 0. The van der Waals surface area contributed by atoms with Gasteiger partial charge in [0.15, 0.2) is 0 Å². The van der Waals surface area contributed by atoms with Gasteiger partial charge in [-0.2, -0.15) is 0 Å². The van der Waals surface area contributed by atoms with Crippen molar-refractivity contribution in [2.75, 3.05) is 0 Å². The molecule has 2 rings (SSSR count). The molecule has 0 saturated heterocycles. The molecule has 0 fully saturated rings. The second-order valence-electron chi connectivity index (χ2n) is 4.10. The van der Waals surface area contributed by atoms with Gasteiger partial charge in [-0.15, -0.1) is 0 Å². The molecule has 2 unspecified atom stereocenters. The van der Waals surface area contributed by atoms with Crippen molar-refractivity contribution in [3.05, 3.63) is 77.9 Å². The van der Waals surface area contributed by atoms with E-state index in [-0.39, 0.29) is 0 Å². The monoisotopic (exact) mass is 239 g/mol. The summed E-state index contributed by atoms with van der Waals surface area (Å²) in [6.07, 6.45) is 1.97. The highest BCUT2D eigenvalue weighted by Crippen LogP contribution is 2.20. The Morgan fingerprint density at radius 3 is 2.00 bits per heavy atom. The van der Waals surface area contributed by atoms with Crippen molar-refractivity contribution in [2.24, 2.45) is 0 Å². The number of hydrogen-bond donors (Lipinski definition) is 1. The van der Waals surface area contributed by atoms with Crippen molar-refractivity contribution in [3.8, 4) is 0 Å². The lowest BCUT2D eigenvalue weighted by atomic mass is 9.97. The molecule has 2 atom stereocenters. The maximum atomic E-state index is 11.4. The third kappa shape index (κ3) is 3.29. The van der Waals surface area contributed by atoms with Gasteiger partial charge in [0.2, 0.25) is 0 Å². The molecule has 0 saturated carbocycles. The van der Waals surface area contributed by atoms with E-state index in [1.807, 2.05) is 66.7 Å². The molecule has 2 nitrogen and oxygen atoms in total. The van der Waals surface area contributed by atoms with Gasteiger partial charge in [0.05, 0.1) is 0 Å². The molecule has 0 aliphatic heterocycles. The Labute approximate surface area is 107 Å². The average Bonchev–Trinajstić information content (AvgIpc) is 2.41. The molecular formula is C16H15O2-. The van der Waals surface area contributed by atoms with Crippen molar-refractivity contribution < 1.29 is 10.2 Å². The Balaban J connectivity index is 2.20. The van der Waals surface area contributed by atoms with Gasteiger partial charge in [0.25, 0.3) is 0 Å². The van der Waals surface area contributed by atoms with Crippen LogP contribution in [0.15, 0.2) is 66.7 Å². The molecule has 92 valence electrons. The third-order valence-electron chi connectivity index (χ3n) is 2.79. The predicted molar refractivity (Wildman–Crippen MR) is 70.7 cm³/mol. The fourth-order valence-electron chi connectivity index (χ4n) is 1.82. The minimum atomic E-state index is -1.65. The molecule has 0 bridgehead atoms. The number of aliphatic hydroxyl groups excluding tert-OH is 1. The largest absolute Gasteiger partial charge is 0.831 e. The van der Waals surface area contributed by atoms with Crippen LogP contribution in [-0.4, -0.2) is 11.4 Å². The van der Waals surface area contributed by atoms with Crippen molar-refractivity contribution in [1.82, 2.24) is 0 Å². The Bertz CT molecular complexity index is 489. The van der Waals surface area contributed by atoms with Crippen LogP contribution in [0.1, 0.15) is 17.0 Å². The van der Waals surface area contributed by atoms with Gasteiger partial charge in [-0.05, 0) is 17.4 Å². The third-order valence-corrected chi connectivity index (χ3v) is 2.79. The number of hydrogen-bond acceptors (Lipinski definition) is 2. The van der Waals surface area contributed by atoms with Crippen LogP contribution in [0.2, 0.25) is 0 Å². The summed E-state index contributed by atoms with van der Waals surface area (Å²) in [6, 6.07) is 19.0. The maximum absolute atomic E-state index is 11.4. The second kappa shape index (κ2) is 6.15. The van der Waals surface area contributed by atoms with Gasteiger partial charge < -0.3 is 10.2 Å². The van der Waals surface area contributed by atoms with Crippen LogP contribution in [-0.2, 0) is 0 Å². The molecule has 1 N–H and O–H groups in total. The minimum Gasteiger partial charge on any atom is -0.831 e. The fraction of sp³-hybridized carbons (Fsp3) is 0.125. The molecule has 0 spiro atoms. The quantitative estimate of drug-likeness (QED) is 0.831. The first-order valence-corrected chi connectivity index (χ1v) is 5.89. The predicted octanol–water partition coefficient (Wildman–Crippen LogP) is 2.16. The Morgan fingerprint density at radius 1 is 0.889 bits per heavy atom. The standard InChI is InChI=1S/C16H15O2/c17-16(18)15(14-9-5-2-6-10-14)12-11-13-7-3-1-4-8-13/h1-12,15-17H/q-1/b12-11+. The van der Waals surface area contributed by atoms with Crippen LogP contribution >= 0.6 is 0 Å². The summed E-state index contributed by atoms with van der Waals surface area (Å²) in [7, 11) is 0. The number of aliphatic hydroxyl groups is 1. The van der Waals surface area contributed by atoms with Gasteiger partial charge in [-0.25, -0.2) is 0 Å². The van der Waals surface area contributed by atoms with Gasteiger partial charge in [0.1, 0.15) is 0 Å². The smallest absolute Gasteiger partial charge is 0.0130 e. The first kappa shape index (κ1) is 12.6. The highest BCUT2D eigenvalue weighted by molar-refractivity contribution is 5.50. The molecule has 2 aromatic carbocycles. The van der Waals surface area contributed by atoms with E-state index in [2.05, 4.69) is 0 Å². The SMILES string of the molecule is [O-]C(O)C(/C=C/c1ccccc1)c1ccccc1. The van der Waals surface area contributed by atoms with E-state index in [9.17, 15) is 10.2 Å². The van der Waals surface area contributed by atoms with Gasteiger partial charge in [0, 0.05) is 5.92 Å². The zero-order chi connectivity index (χ0) is 12.8. The summed E-state index contributed by atoms with van der Waals surface area (Å²) in [5.41, 5.74) is 1.84. The van der Waals surface area contributed by atoms with Crippen LogP contribution in [0.25, 0.3) is 6.08 Å². The van der Waals surface area contributed by atoms with Crippen LogP contribution in [0, 0.1) is 0 Å². The maximum Gasteiger partial charge on any atom is 0.0130 e.